The molecule has 2 rings (SSSR count). The van der Waals surface area contributed by atoms with E-state index in [0.717, 1.165) is 18.2 Å². The molecule has 0 spiro atoms. The molecule has 1 saturated heterocycles. The minimum atomic E-state index is -0.978. The molecule has 0 aromatic carbocycles. The highest BCUT2D eigenvalue weighted by atomic mass is 16.5. The predicted octanol–water partition coefficient (Wildman–Crippen LogP) is 2.43. The fourth-order valence-corrected chi connectivity index (χ4v) is 2.55. The van der Waals surface area contributed by atoms with E-state index in [9.17, 15) is 4.79 Å². The molecule has 1 atom stereocenters. The smallest absolute Gasteiger partial charge is 0.328 e. The SMILES string of the molecule is CN1CCCCC1CCOc1ccc(/C=C/C(=O)O)nc1. The molecule has 1 aliphatic heterocycles. The van der Waals surface area contributed by atoms with Crippen LogP contribution < -0.4 is 4.74 Å². The van der Waals surface area contributed by atoms with Crippen LogP contribution in [0.3, 0.4) is 0 Å². The van der Waals surface area contributed by atoms with Crippen LogP contribution in [0.5, 0.6) is 5.75 Å². The molecule has 1 aliphatic rings. The van der Waals surface area contributed by atoms with Crippen molar-refractivity contribution < 1.29 is 14.6 Å². The van der Waals surface area contributed by atoms with Crippen LogP contribution in [0.4, 0.5) is 0 Å². The second kappa shape index (κ2) is 7.78. The number of carbonyl (C=O) groups is 1. The number of aromatic nitrogens is 1. The zero-order valence-corrected chi connectivity index (χ0v) is 12.4. The van der Waals surface area contributed by atoms with Gasteiger partial charge in [-0.05, 0) is 51.1 Å². The number of rotatable bonds is 6. The Morgan fingerprint density at radius 1 is 1.52 bits per heavy atom. The monoisotopic (exact) mass is 290 g/mol. The molecule has 1 unspecified atom stereocenters. The fourth-order valence-electron chi connectivity index (χ4n) is 2.55. The quantitative estimate of drug-likeness (QED) is 0.815. The number of nitrogens with zero attached hydrogens (tertiary/aromatic N) is 2. The van der Waals surface area contributed by atoms with Crippen LogP contribution in [-0.2, 0) is 4.79 Å². The van der Waals surface area contributed by atoms with E-state index in [1.54, 1.807) is 12.3 Å². The zero-order chi connectivity index (χ0) is 15.1. The number of aliphatic carboxylic acids is 1. The van der Waals surface area contributed by atoms with Gasteiger partial charge in [0.25, 0.3) is 0 Å². The Hall–Kier alpha value is -1.88. The number of ether oxygens (including phenoxy) is 1. The standard InChI is InChI=1S/C16H22N2O3/c1-18-10-3-2-4-14(18)9-11-21-15-7-5-13(17-12-15)6-8-16(19)20/h5-8,12,14H,2-4,9-11H2,1H3,(H,19,20)/b8-6+. The van der Waals surface area contributed by atoms with Gasteiger partial charge in [-0.3, -0.25) is 4.98 Å². The summed E-state index contributed by atoms with van der Waals surface area (Å²) in [5, 5.41) is 8.55. The minimum absolute atomic E-state index is 0.608. The van der Waals surface area contributed by atoms with Crippen LogP contribution in [-0.4, -0.2) is 47.2 Å². The van der Waals surface area contributed by atoms with Crippen LogP contribution in [0.15, 0.2) is 24.4 Å². The molecule has 0 aliphatic carbocycles. The zero-order valence-electron chi connectivity index (χ0n) is 12.4. The van der Waals surface area contributed by atoms with E-state index in [-0.39, 0.29) is 0 Å². The van der Waals surface area contributed by atoms with Crippen LogP contribution >= 0.6 is 0 Å². The van der Waals surface area contributed by atoms with Crippen molar-refractivity contribution in [1.82, 2.24) is 9.88 Å². The van der Waals surface area contributed by atoms with E-state index in [2.05, 4.69) is 16.9 Å². The van der Waals surface area contributed by atoms with Gasteiger partial charge in [0, 0.05) is 12.1 Å². The molecule has 1 aromatic heterocycles. The number of hydrogen-bond acceptors (Lipinski definition) is 4. The fraction of sp³-hybridized carbons (Fsp3) is 0.500. The molecule has 0 saturated carbocycles. The van der Waals surface area contributed by atoms with E-state index in [4.69, 9.17) is 9.84 Å². The number of likely N-dealkylation sites (tertiary alicyclic amines) is 1. The van der Waals surface area contributed by atoms with Gasteiger partial charge in [-0.2, -0.15) is 0 Å². The van der Waals surface area contributed by atoms with Crippen molar-refractivity contribution in [3.63, 3.8) is 0 Å². The van der Waals surface area contributed by atoms with Gasteiger partial charge in [-0.15, -0.1) is 0 Å². The first-order valence-electron chi connectivity index (χ1n) is 7.35. The lowest BCUT2D eigenvalue weighted by Crippen LogP contribution is -2.37. The van der Waals surface area contributed by atoms with Gasteiger partial charge in [0.15, 0.2) is 0 Å². The van der Waals surface area contributed by atoms with Gasteiger partial charge in [-0.1, -0.05) is 6.42 Å². The van der Waals surface area contributed by atoms with Crippen LogP contribution in [0.2, 0.25) is 0 Å². The molecule has 21 heavy (non-hydrogen) atoms. The molecule has 114 valence electrons. The molecule has 2 heterocycles. The van der Waals surface area contributed by atoms with Crippen molar-refractivity contribution in [2.75, 3.05) is 20.2 Å². The Morgan fingerprint density at radius 3 is 3.05 bits per heavy atom. The van der Waals surface area contributed by atoms with Crippen LogP contribution in [0.25, 0.3) is 6.08 Å². The summed E-state index contributed by atoms with van der Waals surface area (Å²) in [6.45, 7) is 1.86. The Morgan fingerprint density at radius 2 is 2.38 bits per heavy atom. The molecule has 1 fully saturated rings. The normalized spacial score (nSPS) is 19.8. The summed E-state index contributed by atoms with van der Waals surface area (Å²) in [7, 11) is 2.18. The third-order valence-electron chi connectivity index (χ3n) is 3.80. The van der Waals surface area contributed by atoms with Crippen molar-refractivity contribution in [3.8, 4) is 5.75 Å². The Labute approximate surface area is 125 Å². The van der Waals surface area contributed by atoms with E-state index < -0.39 is 5.97 Å². The molecule has 0 radical (unpaired) electrons. The lowest BCUT2D eigenvalue weighted by molar-refractivity contribution is -0.131. The van der Waals surface area contributed by atoms with Gasteiger partial charge < -0.3 is 14.7 Å². The van der Waals surface area contributed by atoms with Gasteiger partial charge in [0.05, 0.1) is 18.5 Å². The molecule has 1 N–H and O–H groups in total. The lowest BCUT2D eigenvalue weighted by Gasteiger charge is -2.32. The van der Waals surface area contributed by atoms with Gasteiger partial charge in [0.1, 0.15) is 5.75 Å². The summed E-state index contributed by atoms with van der Waals surface area (Å²) in [5.41, 5.74) is 0.608. The Kier molecular flexibility index (Phi) is 5.75. The van der Waals surface area contributed by atoms with Crippen LogP contribution in [0, 0.1) is 0 Å². The minimum Gasteiger partial charge on any atom is -0.492 e. The average molecular weight is 290 g/mol. The van der Waals surface area contributed by atoms with E-state index in [1.165, 1.54) is 31.9 Å². The summed E-state index contributed by atoms with van der Waals surface area (Å²) < 4.78 is 5.71. The first-order chi connectivity index (χ1) is 10.1. The van der Waals surface area contributed by atoms with Crippen molar-refractivity contribution in [2.24, 2.45) is 0 Å². The molecule has 5 heteroatoms. The Bertz CT molecular complexity index is 485. The van der Waals surface area contributed by atoms with E-state index >= 15 is 0 Å². The first-order valence-corrected chi connectivity index (χ1v) is 7.35. The van der Waals surface area contributed by atoms with Gasteiger partial charge in [-0.25, -0.2) is 4.79 Å². The number of piperidine rings is 1. The van der Waals surface area contributed by atoms with Crippen LogP contribution in [0.1, 0.15) is 31.4 Å². The molecule has 1 aromatic rings. The van der Waals surface area contributed by atoms with Crippen molar-refractivity contribution in [1.29, 1.82) is 0 Å². The second-order valence-electron chi connectivity index (χ2n) is 5.36. The van der Waals surface area contributed by atoms with Crippen molar-refractivity contribution in [3.05, 3.63) is 30.1 Å². The average Bonchev–Trinajstić information content (AvgIpc) is 2.48. The molecular weight excluding hydrogens is 268 g/mol. The molecule has 5 nitrogen and oxygen atoms in total. The lowest BCUT2D eigenvalue weighted by atomic mass is 10.0. The highest BCUT2D eigenvalue weighted by Crippen LogP contribution is 2.18. The van der Waals surface area contributed by atoms with Gasteiger partial charge >= 0.3 is 5.97 Å². The van der Waals surface area contributed by atoms with Crippen molar-refractivity contribution >= 4 is 12.0 Å². The summed E-state index contributed by atoms with van der Waals surface area (Å²) >= 11 is 0. The summed E-state index contributed by atoms with van der Waals surface area (Å²) in [5.74, 6) is -0.255. The maximum atomic E-state index is 10.4. The third-order valence-corrected chi connectivity index (χ3v) is 3.80. The maximum Gasteiger partial charge on any atom is 0.328 e. The molecule has 0 amide bonds. The third kappa shape index (κ3) is 5.19. The molecule has 0 bridgehead atoms. The Balaban J connectivity index is 1.77. The predicted molar refractivity (Wildman–Crippen MR) is 81.3 cm³/mol. The first kappa shape index (κ1) is 15.5. The summed E-state index contributed by atoms with van der Waals surface area (Å²) in [6.07, 6.45) is 9.04. The van der Waals surface area contributed by atoms with Crippen molar-refractivity contribution in [2.45, 2.75) is 31.7 Å². The van der Waals surface area contributed by atoms with Gasteiger partial charge in [0.2, 0.25) is 0 Å². The number of carboxylic acids is 1. The molecular formula is C16H22N2O3. The number of pyridine rings is 1. The maximum absolute atomic E-state index is 10.4. The number of carboxylic acid groups (broad SMARTS) is 1. The summed E-state index contributed by atoms with van der Waals surface area (Å²) in [4.78, 5) is 17.0. The number of hydrogen-bond donors (Lipinski definition) is 1. The van der Waals surface area contributed by atoms with E-state index in [1.807, 2.05) is 6.07 Å². The highest BCUT2D eigenvalue weighted by Gasteiger charge is 2.18. The second-order valence-corrected chi connectivity index (χ2v) is 5.36. The largest absolute Gasteiger partial charge is 0.492 e. The summed E-state index contributed by atoms with van der Waals surface area (Å²) in [6, 6.07) is 4.19. The topological polar surface area (TPSA) is 62.7 Å². The van der Waals surface area contributed by atoms with E-state index in [0.29, 0.717) is 18.3 Å². The highest BCUT2D eigenvalue weighted by molar-refractivity contribution is 5.84.